The lowest BCUT2D eigenvalue weighted by atomic mass is 9.99. The zero-order valence-corrected chi connectivity index (χ0v) is 18.5. The average Bonchev–Trinajstić information content (AvgIpc) is 3.51. The average molecular weight is 436 g/mol. The lowest BCUT2D eigenvalue weighted by molar-refractivity contribution is 0.0994. The number of benzene rings is 1. The first kappa shape index (κ1) is 20.8. The number of hydrogen-bond donors (Lipinski definition) is 2. The van der Waals surface area contributed by atoms with Gasteiger partial charge in [-0.3, -0.25) is 9.48 Å². The van der Waals surface area contributed by atoms with Crippen LogP contribution in [0.3, 0.4) is 0 Å². The first-order valence-electron chi connectivity index (χ1n) is 11.3. The summed E-state index contributed by atoms with van der Waals surface area (Å²) in [5.74, 6) is 0.453. The molecule has 1 amide bonds. The molecule has 0 spiro atoms. The van der Waals surface area contributed by atoms with Gasteiger partial charge in [0.05, 0.1) is 23.9 Å². The van der Waals surface area contributed by atoms with Gasteiger partial charge in [0.25, 0.3) is 5.91 Å². The maximum atomic E-state index is 12.3. The van der Waals surface area contributed by atoms with Gasteiger partial charge in [0.1, 0.15) is 11.9 Å². The quantitative estimate of drug-likeness (QED) is 0.589. The Morgan fingerprint density at radius 2 is 2.06 bits per heavy atom. The van der Waals surface area contributed by atoms with Gasteiger partial charge in [0.15, 0.2) is 0 Å². The van der Waals surface area contributed by atoms with Crippen LogP contribution in [-0.2, 0) is 0 Å². The smallest absolute Gasteiger partial charge is 0.252 e. The van der Waals surface area contributed by atoms with E-state index in [1.807, 2.05) is 37.0 Å². The summed E-state index contributed by atoms with van der Waals surface area (Å²) in [6.07, 6.45) is 9.99. The molecule has 1 atom stereocenters. The molecule has 1 aliphatic heterocycles. The van der Waals surface area contributed by atoms with E-state index >= 15 is 0 Å². The van der Waals surface area contributed by atoms with Crippen molar-refractivity contribution in [3.05, 3.63) is 36.3 Å². The number of piperidine rings is 1. The normalized spacial score (nSPS) is 18.8. The van der Waals surface area contributed by atoms with Crippen molar-refractivity contribution in [3.63, 3.8) is 0 Å². The molecule has 8 nitrogen and oxygen atoms in total. The van der Waals surface area contributed by atoms with Gasteiger partial charge in [0.2, 0.25) is 5.88 Å². The summed E-state index contributed by atoms with van der Waals surface area (Å²) in [4.78, 5) is 17.0. The molecule has 2 fully saturated rings. The predicted octanol–water partition coefficient (Wildman–Crippen LogP) is 3.45. The second-order valence-electron chi connectivity index (χ2n) is 8.93. The Kier molecular flexibility index (Phi) is 5.46. The largest absolute Gasteiger partial charge is 0.490 e. The minimum absolute atomic E-state index is 0.0493. The summed E-state index contributed by atoms with van der Waals surface area (Å²) in [7, 11) is 0. The summed E-state index contributed by atoms with van der Waals surface area (Å²) in [5.41, 5.74) is 7.91. The summed E-state index contributed by atoms with van der Waals surface area (Å²) in [5, 5.41) is 9.54. The van der Waals surface area contributed by atoms with Crippen LogP contribution in [0.5, 0.6) is 11.6 Å². The van der Waals surface area contributed by atoms with Crippen molar-refractivity contribution in [1.29, 1.82) is 0 Å². The number of rotatable bonds is 7. The van der Waals surface area contributed by atoms with Crippen molar-refractivity contribution in [2.75, 3.05) is 13.1 Å². The number of nitrogens with zero attached hydrogens (tertiary/aromatic N) is 3. The lowest BCUT2D eigenvalue weighted by Gasteiger charge is -2.24. The molecule has 1 saturated carbocycles. The third-order valence-electron chi connectivity index (χ3n) is 5.94. The van der Waals surface area contributed by atoms with Crippen molar-refractivity contribution in [2.45, 2.75) is 57.8 Å². The van der Waals surface area contributed by atoms with Gasteiger partial charge in [-0.1, -0.05) is 0 Å². The van der Waals surface area contributed by atoms with Gasteiger partial charge in [-0.05, 0) is 63.6 Å². The number of ether oxygens (including phenoxy) is 2. The summed E-state index contributed by atoms with van der Waals surface area (Å²) in [6.45, 7) is 5.63. The highest BCUT2D eigenvalue weighted by Gasteiger charge is 2.26. The zero-order chi connectivity index (χ0) is 22.2. The van der Waals surface area contributed by atoms with E-state index in [9.17, 15) is 4.79 Å². The Morgan fingerprint density at radius 3 is 2.75 bits per heavy atom. The highest BCUT2D eigenvalue weighted by Crippen LogP contribution is 2.39. The van der Waals surface area contributed by atoms with E-state index in [-0.39, 0.29) is 12.2 Å². The molecule has 3 heterocycles. The minimum atomic E-state index is -0.530. The summed E-state index contributed by atoms with van der Waals surface area (Å²) in [6, 6.07) is 4.12. The van der Waals surface area contributed by atoms with E-state index in [0.717, 1.165) is 60.7 Å². The third kappa shape index (κ3) is 4.14. The molecule has 168 valence electrons. The number of fused-ring (bicyclic) bond motifs is 1. The molecular weight excluding hydrogens is 406 g/mol. The molecule has 3 N–H and O–H groups in total. The van der Waals surface area contributed by atoms with E-state index in [1.165, 1.54) is 0 Å². The van der Waals surface area contributed by atoms with E-state index in [4.69, 9.17) is 15.2 Å². The maximum Gasteiger partial charge on any atom is 0.252 e. The van der Waals surface area contributed by atoms with Crippen molar-refractivity contribution < 1.29 is 14.3 Å². The fraction of sp³-hybridized carbons (Fsp3) is 0.458. The molecule has 3 aromatic rings. The van der Waals surface area contributed by atoms with Crippen LogP contribution in [-0.4, -0.2) is 46.0 Å². The van der Waals surface area contributed by atoms with Crippen LogP contribution in [0.1, 0.15) is 55.9 Å². The van der Waals surface area contributed by atoms with E-state index in [2.05, 4.69) is 15.4 Å². The van der Waals surface area contributed by atoms with Gasteiger partial charge in [-0.2, -0.15) is 5.10 Å². The number of pyridine rings is 1. The summed E-state index contributed by atoms with van der Waals surface area (Å²) < 4.78 is 14.2. The zero-order valence-electron chi connectivity index (χ0n) is 18.5. The topological polar surface area (TPSA) is 104 Å². The van der Waals surface area contributed by atoms with Crippen molar-refractivity contribution in [1.82, 2.24) is 20.1 Å². The molecule has 1 aromatic carbocycles. The number of primary amides is 1. The fourth-order valence-corrected chi connectivity index (χ4v) is 4.20. The van der Waals surface area contributed by atoms with Crippen LogP contribution in [0.4, 0.5) is 0 Å². The minimum Gasteiger partial charge on any atom is -0.490 e. The van der Waals surface area contributed by atoms with Gasteiger partial charge >= 0.3 is 0 Å². The van der Waals surface area contributed by atoms with Gasteiger partial charge < -0.3 is 20.5 Å². The summed E-state index contributed by atoms with van der Waals surface area (Å²) >= 11 is 0. The van der Waals surface area contributed by atoms with Crippen LogP contribution >= 0.6 is 0 Å². The molecule has 0 bridgehead atoms. The molecule has 2 aliphatic rings. The lowest BCUT2D eigenvalue weighted by Crippen LogP contribution is -2.37. The van der Waals surface area contributed by atoms with Crippen molar-refractivity contribution >= 4 is 16.7 Å². The number of aromatic nitrogens is 3. The van der Waals surface area contributed by atoms with Gasteiger partial charge in [-0.15, -0.1) is 0 Å². The Bertz CT molecular complexity index is 1150. The molecule has 0 radical (unpaired) electrons. The van der Waals surface area contributed by atoms with Crippen LogP contribution in [0.15, 0.2) is 30.7 Å². The monoisotopic (exact) mass is 435 g/mol. The molecule has 1 saturated heterocycles. The van der Waals surface area contributed by atoms with E-state index in [0.29, 0.717) is 23.2 Å². The number of carbonyl (C=O) groups is 1. The number of amides is 1. The van der Waals surface area contributed by atoms with Gasteiger partial charge in [0, 0.05) is 35.5 Å². The maximum absolute atomic E-state index is 12.3. The van der Waals surface area contributed by atoms with Crippen LogP contribution in [0.2, 0.25) is 0 Å². The van der Waals surface area contributed by atoms with E-state index in [1.54, 1.807) is 12.3 Å². The highest BCUT2D eigenvalue weighted by molar-refractivity contribution is 6.06. The number of nitrogens with two attached hydrogens (primary N) is 1. The number of nitrogens with one attached hydrogen (secondary N) is 1. The van der Waals surface area contributed by atoms with Crippen LogP contribution < -0.4 is 20.5 Å². The van der Waals surface area contributed by atoms with Crippen LogP contribution in [0, 0.1) is 0 Å². The van der Waals surface area contributed by atoms with Crippen molar-refractivity contribution in [3.8, 4) is 22.8 Å². The first-order valence-corrected chi connectivity index (χ1v) is 11.3. The Labute approximate surface area is 187 Å². The Hall–Kier alpha value is -3.13. The fourth-order valence-electron chi connectivity index (χ4n) is 4.20. The Balaban J connectivity index is 1.65. The molecule has 8 heteroatoms. The number of carbonyl (C=O) groups excluding carboxylic acids is 1. The van der Waals surface area contributed by atoms with E-state index < -0.39 is 5.91 Å². The van der Waals surface area contributed by atoms with Crippen LogP contribution in [0.25, 0.3) is 21.9 Å². The molecule has 2 aromatic heterocycles. The second kappa shape index (κ2) is 8.43. The van der Waals surface area contributed by atoms with Crippen molar-refractivity contribution in [2.24, 2.45) is 5.73 Å². The third-order valence-corrected chi connectivity index (χ3v) is 5.94. The predicted molar refractivity (Wildman–Crippen MR) is 122 cm³/mol. The molecule has 5 rings (SSSR count). The standard InChI is InChI=1S/C24H29N5O3/c1-14(2)31-22-9-19-18(8-20(22)23(25)30)21(15-10-28-29(13-15)16-5-6-16)12-27-24(19)32-17-4-3-7-26-11-17/h8-10,12-14,16-17,26H,3-7,11H2,1-2H3,(H2,25,30). The highest BCUT2D eigenvalue weighted by atomic mass is 16.5. The second-order valence-corrected chi connectivity index (χ2v) is 8.93. The molecule has 1 aliphatic carbocycles. The molecule has 1 unspecified atom stereocenters. The van der Waals surface area contributed by atoms with Gasteiger partial charge in [-0.25, -0.2) is 4.98 Å². The Morgan fingerprint density at radius 1 is 1.22 bits per heavy atom. The molecular formula is C24H29N5O3. The molecule has 32 heavy (non-hydrogen) atoms. The number of hydrogen-bond acceptors (Lipinski definition) is 6. The first-order chi connectivity index (χ1) is 15.5. The SMILES string of the molecule is CC(C)Oc1cc2c(OC3CCCNC3)ncc(-c3cnn(C4CC4)c3)c2cc1C(N)=O.